The first-order valence-electron chi connectivity index (χ1n) is 9.57. The number of carbonyl (C=O) groups is 1. The second-order valence-corrected chi connectivity index (χ2v) is 7.86. The van der Waals surface area contributed by atoms with E-state index in [-0.39, 0.29) is 28.3 Å². The topological polar surface area (TPSA) is 97.1 Å². The summed E-state index contributed by atoms with van der Waals surface area (Å²) in [6.45, 7) is 1.17. The number of halogens is 5. The van der Waals surface area contributed by atoms with Gasteiger partial charge in [-0.2, -0.15) is 18.4 Å². The Morgan fingerprint density at radius 3 is 2.33 bits per heavy atom. The number of carboxylic acid groups (broad SMARTS) is 1. The van der Waals surface area contributed by atoms with Gasteiger partial charge in [0.05, 0.1) is 23.7 Å². The lowest BCUT2D eigenvalue weighted by molar-refractivity contribution is -0.276. The molecule has 2 atom stereocenters. The van der Waals surface area contributed by atoms with Gasteiger partial charge in [0.15, 0.2) is 0 Å². The summed E-state index contributed by atoms with van der Waals surface area (Å²) in [5.41, 5.74) is -3.56. The van der Waals surface area contributed by atoms with Crippen LogP contribution < -0.4 is 0 Å². The van der Waals surface area contributed by atoms with Crippen LogP contribution in [-0.2, 0) is 12.0 Å². The summed E-state index contributed by atoms with van der Waals surface area (Å²) in [6.07, 6.45) is -5.24. The molecule has 3 N–H and O–H groups in total. The molecule has 0 fully saturated rings. The van der Waals surface area contributed by atoms with Crippen LogP contribution in [0.5, 0.6) is 0 Å². The molecule has 1 aromatic heterocycles. The average molecular weight is 481 g/mol. The van der Waals surface area contributed by atoms with E-state index in [2.05, 4.69) is 4.98 Å². The maximum Gasteiger partial charge on any atom is 0.423 e. The van der Waals surface area contributed by atoms with Gasteiger partial charge in [-0.25, -0.2) is 9.18 Å². The standard InChI is InChI=1S/C23H17ClF4N2O3/c1-12(22(33,23(26,27)28)20-7-4-15(30-20)8-9-29)16-5-2-13(10-18(16)24)14-3-6-17(21(31)32)19(25)11-14/h2-7,10-12,30,33H,8H2,1H3,(H,31,32). The van der Waals surface area contributed by atoms with Crippen molar-refractivity contribution in [2.24, 2.45) is 0 Å². The number of H-pyrrole nitrogens is 1. The second-order valence-electron chi connectivity index (χ2n) is 7.45. The van der Waals surface area contributed by atoms with Gasteiger partial charge >= 0.3 is 12.1 Å². The summed E-state index contributed by atoms with van der Waals surface area (Å²) < 4.78 is 56.3. The van der Waals surface area contributed by atoms with Gasteiger partial charge in [0, 0.05) is 16.6 Å². The average Bonchev–Trinajstić information content (AvgIpc) is 3.20. The van der Waals surface area contributed by atoms with Crippen LogP contribution in [0.25, 0.3) is 11.1 Å². The molecular formula is C23H17ClF4N2O3. The zero-order valence-corrected chi connectivity index (χ0v) is 17.8. The number of benzene rings is 2. The van der Waals surface area contributed by atoms with Crippen molar-refractivity contribution >= 4 is 17.6 Å². The number of nitriles is 1. The molecule has 10 heteroatoms. The number of carboxylic acids is 1. The van der Waals surface area contributed by atoms with Gasteiger partial charge < -0.3 is 15.2 Å². The maximum atomic E-state index is 14.1. The van der Waals surface area contributed by atoms with E-state index in [1.54, 1.807) is 0 Å². The highest BCUT2D eigenvalue weighted by molar-refractivity contribution is 6.31. The van der Waals surface area contributed by atoms with Crippen molar-refractivity contribution in [2.75, 3.05) is 0 Å². The lowest BCUT2D eigenvalue weighted by atomic mass is 9.80. The summed E-state index contributed by atoms with van der Waals surface area (Å²) in [6, 6.07) is 11.6. The Balaban J connectivity index is 2.03. The van der Waals surface area contributed by atoms with Crippen molar-refractivity contribution < 1.29 is 32.6 Å². The van der Waals surface area contributed by atoms with Crippen LogP contribution in [0.2, 0.25) is 5.02 Å². The van der Waals surface area contributed by atoms with Gasteiger partial charge in [0.2, 0.25) is 5.60 Å². The number of aromatic nitrogens is 1. The minimum atomic E-state index is -5.08. The first kappa shape index (κ1) is 24.3. The molecule has 0 saturated heterocycles. The number of nitrogens with one attached hydrogen (secondary N) is 1. The van der Waals surface area contributed by atoms with E-state index >= 15 is 0 Å². The van der Waals surface area contributed by atoms with Crippen molar-refractivity contribution in [2.45, 2.75) is 31.0 Å². The molecule has 1 heterocycles. The monoisotopic (exact) mass is 480 g/mol. The zero-order valence-electron chi connectivity index (χ0n) is 17.0. The number of alkyl halides is 3. The Morgan fingerprint density at radius 1 is 1.15 bits per heavy atom. The molecule has 0 aliphatic heterocycles. The van der Waals surface area contributed by atoms with Crippen LogP contribution in [0.3, 0.4) is 0 Å². The highest BCUT2D eigenvalue weighted by Crippen LogP contribution is 2.49. The molecule has 0 spiro atoms. The quantitative estimate of drug-likeness (QED) is 0.389. The van der Waals surface area contributed by atoms with Gasteiger partial charge in [-0.05, 0) is 47.0 Å². The van der Waals surface area contributed by atoms with Crippen molar-refractivity contribution in [1.82, 2.24) is 4.98 Å². The molecule has 0 aliphatic carbocycles. The van der Waals surface area contributed by atoms with Crippen molar-refractivity contribution in [3.63, 3.8) is 0 Å². The van der Waals surface area contributed by atoms with E-state index in [1.165, 1.54) is 37.3 Å². The zero-order chi connectivity index (χ0) is 24.6. The molecule has 2 aromatic carbocycles. The summed E-state index contributed by atoms with van der Waals surface area (Å²) in [5, 5.41) is 28.5. The molecule has 172 valence electrons. The van der Waals surface area contributed by atoms with Crippen molar-refractivity contribution in [1.29, 1.82) is 5.26 Å². The summed E-state index contributed by atoms with van der Waals surface area (Å²) in [7, 11) is 0. The predicted molar refractivity (Wildman–Crippen MR) is 112 cm³/mol. The van der Waals surface area contributed by atoms with Gasteiger partial charge in [-0.3, -0.25) is 0 Å². The molecule has 0 radical (unpaired) electrons. The lowest BCUT2D eigenvalue weighted by Gasteiger charge is -2.36. The molecule has 0 aliphatic rings. The summed E-state index contributed by atoms with van der Waals surface area (Å²) in [4.78, 5) is 13.4. The van der Waals surface area contributed by atoms with E-state index in [0.29, 0.717) is 5.56 Å². The summed E-state index contributed by atoms with van der Waals surface area (Å²) >= 11 is 6.27. The molecule has 33 heavy (non-hydrogen) atoms. The van der Waals surface area contributed by atoms with E-state index < -0.39 is 40.7 Å². The Bertz CT molecular complexity index is 1250. The van der Waals surface area contributed by atoms with Gasteiger partial charge in [0.1, 0.15) is 5.82 Å². The molecule has 3 aromatic rings. The highest BCUT2D eigenvalue weighted by Gasteiger charge is 2.59. The number of nitrogens with zero attached hydrogens (tertiary/aromatic N) is 1. The maximum absolute atomic E-state index is 14.1. The molecule has 3 rings (SSSR count). The smallest absolute Gasteiger partial charge is 0.423 e. The highest BCUT2D eigenvalue weighted by atomic mass is 35.5. The number of aliphatic hydroxyl groups is 1. The third-order valence-electron chi connectivity index (χ3n) is 5.49. The predicted octanol–water partition coefficient (Wildman–Crippen LogP) is 5.79. The third kappa shape index (κ3) is 4.45. The van der Waals surface area contributed by atoms with E-state index in [1.807, 2.05) is 6.07 Å². The fraction of sp³-hybridized carbons (Fsp3) is 0.217. The van der Waals surface area contributed by atoms with Crippen LogP contribution >= 0.6 is 11.6 Å². The first-order valence-corrected chi connectivity index (χ1v) is 9.95. The van der Waals surface area contributed by atoms with E-state index in [0.717, 1.165) is 18.2 Å². The van der Waals surface area contributed by atoms with Gasteiger partial charge in [0.25, 0.3) is 0 Å². The van der Waals surface area contributed by atoms with Crippen molar-refractivity contribution in [3.05, 3.63) is 81.9 Å². The number of hydrogen-bond donors (Lipinski definition) is 3. The Hall–Kier alpha value is -3.35. The fourth-order valence-corrected chi connectivity index (χ4v) is 3.98. The van der Waals surface area contributed by atoms with E-state index in [9.17, 15) is 27.5 Å². The molecule has 0 saturated carbocycles. The minimum Gasteiger partial charge on any atom is -0.478 e. The largest absolute Gasteiger partial charge is 0.478 e. The third-order valence-corrected chi connectivity index (χ3v) is 5.81. The normalized spacial score (nSPS) is 14.4. The summed E-state index contributed by atoms with van der Waals surface area (Å²) in [5.74, 6) is -3.96. The number of aromatic carboxylic acids is 1. The molecule has 0 amide bonds. The number of rotatable bonds is 6. The SMILES string of the molecule is CC(c1ccc(-c2ccc(C(=O)O)c(F)c2)cc1Cl)C(O)(c1ccc(CC#N)[nH]1)C(F)(F)F. The Kier molecular flexibility index (Phi) is 6.54. The molecule has 2 unspecified atom stereocenters. The van der Waals surface area contributed by atoms with Crippen LogP contribution in [0.1, 0.15) is 40.2 Å². The Labute approximate surface area is 190 Å². The van der Waals surface area contributed by atoms with Crippen LogP contribution in [0.15, 0.2) is 48.5 Å². The number of aromatic amines is 1. The van der Waals surface area contributed by atoms with Gasteiger partial charge in [-0.1, -0.05) is 36.7 Å². The molecule has 5 nitrogen and oxygen atoms in total. The first-order chi connectivity index (χ1) is 15.4. The lowest BCUT2D eigenvalue weighted by Crippen LogP contribution is -2.47. The van der Waals surface area contributed by atoms with Crippen molar-refractivity contribution in [3.8, 4) is 17.2 Å². The van der Waals surface area contributed by atoms with Crippen LogP contribution in [0, 0.1) is 17.1 Å². The van der Waals surface area contributed by atoms with Gasteiger partial charge in [-0.15, -0.1) is 0 Å². The van der Waals surface area contributed by atoms with Crippen LogP contribution in [-0.4, -0.2) is 27.3 Å². The number of hydrogen-bond acceptors (Lipinski definition) is 3. The fourth-order valence-electron chi connectivity index (χ4n) is 3.63. The minimum absolute atomic E-state index is 0.0145. The second kappa shape index (κ2) is 8.89. The Morgan fingerprint density at radius 2 is 1.79 bits per heavy atom. The molecular weight excluding hydrogens is 464 g/mol. The molecule has 0 bridgehead atoms. The van der Waals surface area contributed by atoms with E-state index in [4.69, 9.17) is 22.0 Å². The van der Waals surface area contributed by atoms with Crippen LogP contribution in [0.4, 0.5) is 17.6 Å².